The summed E-state index contributed by atoms with van der Waals surface area (Å²) in [7, 11) is -3.95. The molecule has 8 nitrogen and oxygen atoms in total. The molecule has 106 valence electrons. The van der Waals surface area contributed by atoms with E-state index in [1.165, 1.54) is 18.2 Å². The van der Waals surface area contributed by atoms with Crippen molar-refractivity contribution in [2.45, 2.75) is 18.7 Å². The molecule has 0 unspecified atom stereocenters. The number of hydrogen-bond donors (Lipinski definition) is 3. The van der Waals surface area contributed by atoms with Gasteiger partial charge < -0.3 is 5.43 Å². The van der Waals surface area contributed by atoms with Crippen molar-refractivity contribution < 1.29 is 13.3 Å². The van der Waals surface area contributed by atoms with E-state index in [4.69, 9.17) is 5.84 Å². The predicted molar refractivity (Wildman–Crippen MR) is 70.9 cm³/mol. The highest BCUT2D eigenvalue weighted by atomic mass is 32.2. The Morgan fingerprint density at radius 3 is 2.53 bits per heavy atom. The Bertz CT molecular complexity index is 571. The van der Waals surface area contributed by atoms with E-state index in [-0.39, 0.29) is 18.2 Å². The van der Waals surface area contributed by atoms with Gasteiger partial charge in [-0.1, -0.05) is 19.9 Å². The van der Waals surface area contributed by atoms with Crippen molar-refractivity contribution >= 4 is 21.4 Å². The molecule has 9 heteroatoms. The molecule has 0 atom stereocenters. The van der Waals surface area contributed by atoms with Gasteiger partial charge in [0, 0.05) is 6.54 Å². The molecule has 0 saturated heterocycles. The van der Waals surface area contributed by atoms with Crippen molar-refractivity contribution in [1.82, 2.24) is 4.72 Å². The maximum absolute atomic E-state index is 12.0. The molecule has 0 aromatic heterocycles. The average molecular weight is 288 g/mol. The number of nitrogens with zero attached hydrogens (tertiary/aromatic N) is 1. The van der Waals surface area contributed by atoms with E-state index in [9.17, 15) is 18.5 Å². The van der Waals surface area contributed by atoms with Crippen molar-refractivity contribution in [1.29, 1.82) is 0 Å². The van der Waals surface area contributed by atoms with E-state index in [0.29, 0.717) is 0 Å². The second kappa shape index (κ2) is 5.95. The van der Waals surface area contributed by atoms with Gasteiger partial charge in [0.15, 0.2) is 4.90 Å². The summed E-state index contributed by atoms with van der Waals surface area (Å²) in [6.45, 7) is 3.85. The molecule has 0 aliphatic carbocycles. The summed E-state index contributed by atoms with van der Waals surface area (Å²) >= 11 is 0. The van der Waals surface area contributed by atoms with Gasteiger partial charge in [-0.15, -0.1) is 0 Å². The van der Waals surface area contributed by atoms with E-state index < -0.39 is 25.5 Å². The molecule has 0 radical (unpaired) electrons. The van der Waals surface area contributed by atoms with Gasteiger partial charge in [0.05, 0.1) is 4.92 Å². The van der Waals surface area contributed by atoms with Crippen LogP contribution in [0.5, 0.6) is 0 Å². The first-order valence-electron chi connectivity index (χ1n) is 5.53. The molecule has 0 fully saturated rings. The van der Waals surface area contributed by atoms with Crippen molar-refractivity contribution in [2.75, 3.05) is 12.0 Å². The number of nitrogens with one attached hydrogen (secondary N) is 2. The van der Waals surface area contributed by atoms with Crippen LogP contribution in [0, 0.1) is 16.0 Å². The van der Waals surface area contributed by atoms with Crippen LogP contribution in [-0.2, 0) is 10.0 Å². The second-order valence-corrected chi connectivity index (χ2v) is 6.03. The third-order valence-electron chi connectivity index (χ3n) is 2.31. The fraction of sp³-hybridized carbons (Fsp3) is 0.400. The Morgan fingerprint density at radius 1 is 1.42 bits per heavy atom. The van der Waals surface area contributed by atoms with Gasteiger partial charge in [-0.3, -0.25) is 16.0 Å². The number of nitrogen functional groups attached to an aromatic ring is 1. The summed E-state index contributed by atoms with van der Waals surface area (Å²) in [5.41, 5.74) is 1.49. The molecule has 0 aliphatic heterocycles. The van der Waals surface area contributed by atoms with Crippen LogP contribution in [-0.4, -0.2) is 19.9 Å². The Morgan fingerprint density at radius 2 is 2.05 bits per heavy atom. The summed E-state index contributed by atoms with van der Waals surface area (Å²) in [6, 6.07) is 3.88. The smallest absolute Gasteiger partial charge is 0.313 e. The zero-order valence-corrected chi connectivity index (χ0v) is 11.4. The third kappa shape index (κ3) is 3.63. The van der Waals surface area contributed by atoms with Gasteiger partial charge in [0.25, 0.3) is 0 Å². The highest BCUT2D eigenvalue weighted by Gasteiger charge is 2.28. The fourth-order valence-corrected chi connectivity index (χ4v) is 2.80. The van der Waals surface area contributed by atoms with E-state index >= 15 is 0 Å². The number of nitro benzene ring substituents is 1. The van der Waals surface area contributed by atoms with Crippen LogP contribution in [0.15, 0.2) is 23.1 Å². The quantitative estimate of drug-likeness (QED) is 0.404. The molecular weight excluding hydrogens is 272 g/mol. The minimum absolute atomic E-state index is 0.0579. The number of benzene rings is 1. The summed E-state index contributed by atoms with van der Waals surface area (Å²) in [5.74, 6) is 5.24. The minimum Gasteiger partial charge on any atom is -0.318 e. The van der Waals surface area contributed by atoms with Gasteiger partial charge in [0.1, 0.15) is 5.69 Å². The molecule has 0 amide bonds. The average Bonchev–Trinajstić information content (AvgIpc) is 2.35. The lowest BCUT2D eigenvalue weighted by molar-refractivity contribution is -0.386. The summed E-state index contributed by atoms with van der Waals surface area (Å²) < 4.78 is 26.4. The highest BCUT2D eigenvalue weighted by molar-refractivity contribution is 7.89. The normalized spacial score (nSPS) is 11.6. The second-order valence-electron chi connectivity index (χ2n) is 4.30. The topological polar surface area (TPSA) is 127 Å². The summed E-state index contributed by atoms with van der Waals surface area (Å²) in [4.78, 5) is 9.82. The van der Waals surface area contributed by atoms with Crippen LogP contribution in [0.2, 0.25) is 0 Å². The lowest BCUT2D eigenvalue weighted by Gasteiger charge is -2.10. The molecule has 0 saturated carbocycles. The molecule has 0 spiro atoms. The van der Waals surface area contributed by atoms with Crippen LogP contribution in [0.4, 0.5) is 11.4 Å². The van der Waals surface area contributed by atoms with E-state index in [1.807, 2.05) is 13.8 Å². The molecule has 1 rings (SSSR count). The van der Waals surface area contributed by atoms with Gasteiger partial charge in [-0.25, -0.2) is 13.1 Å². The van der Waals surface area contributed by atoms with E-state index in [1.54, 1.807) is 0 Å². The standard InChI is InChI=1S/C10H16N4O4S/c1-7(2)6-12-19(17,18)9-5-3-4-8(13-11)10(9)14(15)16/h3-5,7,12-13H,6,11H2,1-2H3. The first-order valence-corrected chi connectivity index (χ1v) is 7.01. The van der Waals surface area contributed by atoms with Crippen molar-refractivity contribution in [3.63, 3.8) is 0 Å². The van der Waals surface area contributed by atoms with Crippen molar-refractivity contribution in [2.24, 2.45) is 11.8 Å². The Labute approximate surface area is 111 Å². The Hall–Kier alpha value is -1.71. The van der Waals surface area contributed by atoms with Crippen LogP contribution in [0.1, 0.15) is 13.8 Å². The number of rotatable bonds is 6. The number of hydrogen-bond acceptors (Lipinski definition) is 6. The summed E-state index contributed by atoms with van der Waals surface area (Å²) in [6.07, 6.45) is 0. The summed E-state index contributed by atoms with van der Waals surface area (Å²) in [5, 5.41) is 11.0. The van der Waals surface area contributed by atoms with E-state index in [0.717, 1.165) is 0 Å². The Kier molecular flexibility index (Phi) is 4.81. The van der Waals surface area contributed by atoms with Crippen LogP contribution >= 0.6 is 0 Å². The lowest BCUT2D eigenvalue weighted by atomic mass is 10.2. The largest absolute Gasteiger partial charge is 0.318 e. The molecule has 1 aromatic carbocycles. The van der Waals surface area contributed by atoms with Crippen LogP contribution < -0.4 is 16.0 Å². The van der Waals surface area contributed by atoms with E-state index in [2.05, 4.69) is 10.1 Å². The molecule has 4 N–H and O–H groups in total. The maximum atomic E-state index is 12.0. The molecule has 19 heavy (non-hydrogen) atoms. The fourth-order valence-electron chi connectivity index (χ4n) is 1.40. The zero-order valence-electron chi connectivity index (χ0n) is 10.6. The third-order valence-corrected chi connectivity index (χ3v) is 3.76. The Balaban J connectivity index is 3.30. The van der Waals surface area contributed by atoms with Crippen molar-refractivity contribution in [3.05, 3.63) is 28.3 Å². The van der Waals surface area contributed by atoms with Gasteiger partial charge in [0.2, 0.25) is 10.0 Å². The lowest BCUT2D eigenvalue weighted by Crippen LogP contribution is -2.28. The number of nitrogens with two attached hydrogens (primary N) is 1. The van der Waals surface area contributed by atoms with Crippen molar-refractivity contribution in [3.8, 4) is 0 Å². The molecule has 0 aliphatic rings. The predicted octanol–water partition coefficient (Wildman–Crippen LogP) is 0.815. The van der Waals surface area contributed by atoms with Gasteiger partial charge in [-0.2, -0.15) is 0 Å². The minimum atomic E-state index is -3.95. The first kappa shape index (κ1) is 15.3. The number of anilines is 1. The number of para-hydroxylation sites is 1. The van der Waals surface area contributed by atoms with Crippen LogP contribution in [0.25, 0.3) is 0 Å². The molecule has 0 bridgehead atoms. The van der Waals surface area contributed by atoms with Gasteiger partial charge in [-0.05, 0) is 18.1 Å². The maximum Gasteiger partial charge on any atom is 0.313 e. The van der Waals surface area contributed by atoms with Gasteiger partial charge >= 0.3 is 5.69 Å². The monoisotopic (exact) mass is 288 g/mol. The number of hydrazine groups is 1. The first-order chi connectivity index (χ1) is 8.79. The molecule has 0 heterocycles. The highest BCUT2D eigenvalue weighted by Crippen LogP contribution is 2.31. The molecular formula is C10H16N4O4S. The SMILES string of the molecule is CC(C)CNS(=O)(=O)c1cccc(NN)c1[N+](=O)[O-]. The zero-order chi connectivity index (χ0) is 14.6. The van der Waals surface area contributed by atoms with Crippen LogP contribution in [0.3, 0.4) is 0 Å². The number of sulfonamides is 1. The number of nitro groups is 1. The molecule has 1 aromatic rings.